The molecule has 7 nitrogen and oxygen atoms in total. The Morgan fingerprint density at radius 1 is 1.08 bits per heavy atom. The van der Waals surface area contributed by atoms with E-state index in [0.29, 0.717) is 16.2 Å². The average Bonchev–Trinajstić information content (AvgIpc) is 3.41. The van der Waals surface area contributed by atoms with Crippen LogP contribution >= 0.6 is 11.3 Å². The lowest BCUT2D eigenvalue weighted by Gasteiger charge is -2.24. The van der Waals surface area contributed by atoms with Crippen LogP contribution in [0.2, 0.25) is 0 Å². The van der Waals surface area contributed by atoms with Crippen LogP contribution < -0.4 is 9.64 Å². The minimum atomic E-state index is -0.971. The second kappa shape index (κ2) is 9.31. The Morgan fingerprint density at radius 3 is 2.61 bits per heavy atom. The highest BCUT2D eigenvalue weighted by atomic mass is 32.1. The molecule has 1 atom stereocenters. The van der Waals surface area contributed by atoms with Gasteiger partial charge in [-0.15, -0.1) is 0 Å². The smallest absolute Gasteiger partial charge is 0.296 e. The molecule has 5 rings (SSSR count). The summed E-state index contributed by atoms with van der Waals surface area (Å²) >= 11 is 1.30. The number of aryl methyl sites for hydroxylation is 1. The molecule has 1 aromatic heterocycles. The van der Waals surface area contributed by atoms with Gasteiger partial charge in [-0.3, -0.25) is 14.5 Å². The highest BCUT2D eigenvalue weighted by Crippen LogP contribution is 2.45. The van der Waals surface area contributed by atoms with E-state index >= 15 is 0 Å². The third-order valence-corrected chi connectivity index (χ3v) is 6.98. The standard InChI is InChI=1S/C28H22N2O5S/c1-16-8-11-19-23(14-16)36-28(29-19)30-25(18-10-13-20(31)22(15-18)35-2)24(26(33)27(30)34)21(32)12-9-17-6-4-3-5-7-17/h3-15,25,31,33H,1-2H3/b12-9+. The second-order valence-corrected chi connectivity index (χ2v) is 9.36. The number of aliphatic hydroxyl groups is 1. The van der Waals surface area contributed by atoms with Crippen LogP contribution in [0.15, 0.2) is 84.1 Å². The molecule has 1 unspecified atom stereocenters. The molecule has 0 bridgehead atoms. The molecule has 2 N–H and O–H groups in total. The van der Waals surface area contributed by atoms with Crippen LogP contribution in [0.4, 0.5) is 5.13 Å². The molecular weight excluding hydrogens is 476 g/mol. The summed E-state index contributed by atoms with van der Waals surface area (Å²) in [6.07, 6.45) is 2.97. The fourth-order valence-electron chi connectivity index (χ4n) is 4.18. The van der Waals surface area contributed by atoms with E-state index in [-0.39, 0.29) is 17.1 Å². The first kappa shape index (κ1) is 23.3. The van der Waals surface area contributed by atoms with Gasteiger partial charge in [-0.2, -0.15) is 0 Å². The summed E-state index contributed by atoms with van der Waals surface area (Å²) in [7, 11) is 1.41. The Kier molecular flexibility index (Phi) is 6.03. The maximum absolute atomic E-state index is 13.4. The zero-order valence-electron chi connectivity index (χ0n) is 19.5. The van der Waals surface area contributed by atoms with Crippen molar-refractivity contribution in [2.75, 3.05) is 12.0 Å². The molecule has 2 heterocycles. The van der Waals surface area contributed by atoms with Crippen LogP contribution in [0.5, 0.6) is 11.5 Å². The normalized spacial score (nSPS) is 15.9. The van der Waals surface area contributed by atoms with Crippen LogP contribution in [-0.2, 0) is 9.59 Å². The molecule has 0 radical (unpaired) electrons. The first-order valence-electron chi connectivity index (χ1n) is 11.2. The van der Waals surface area contributed by atoms with E-state index in [1.54, 1.807) is 18.2 Å². The van der Waals surface area contributed by atoms with Crippen molar-refractivity contribution in [3.8, 4) is 11.5 Å². The number of nitrogens with zero attached hydrogens (tertiary/aromatic N) is 2. The average molecular weight is 499 g/mol. The van der Waals surface area contributed by atoms with Gasteiger partial charge in [-0.25, -0.2) is 4.98 Å². The third kappa shape index (κ3) is 4.12. The predicted molar refractivity (Wildman–Crippen MR) is 139 cm³/mol. The van der Waals surface area contributed by atoms with Crippen molar-refractivity contribution in [2.45, 2.75) is 13.0 Å². The number of benzene rings is 3. The Bertz CT molecular complexity index is 1550. The summed E-state index contributed by atoms with van der Waals surface area (Å²) in [6.45, 7) is 1.97. The molecule has 1 aliphatic heterocycles. The van der Waals surface area contributed by atoms with E-state index in [2.05, 4.69) is 4.98 Å². The highest BCUT2D eigenvalue weighted by Gasteiger charge is 2.45. The summed E-state index contributed by atoms with van der Waals surface area (Å²) < 4.78 is 6.14. The van der Waals surface area contributed by atoms with Crippen molar-refractivity contribution < 1.29 is 24.5 Å². The van der Waals surface area contributed by atoms with Gasteiger partial charge in [0.05, 0.1) is 28.9 Å². The van der Waals surface area contributed by atoms with Gasteiger partial charge in [0.25, 0.3) is 5.91 Å². The maximum atomic E-state index is 13.4. The van der Waals surface area contributed by atoms with Gasteiger partial charge in [-0.05, 0) is 54.0 Å². The Labute approximate surface area is 211 Å². The summed E-state index contributed by atoms with van der Waals surface area (Å²) in [5.41, 5.74) is 2.97. The first-order chi connectivity index (χ1) is 17.4. The predicted octanol–water partition coefficient (Wildman–Crippen LogP) is 5.50. The molecular formula is C28H22N2O5S. The summed E-state index contributed by atoms with van der Waals surface area (Å²) in [5.74, 6) is -1.78. The van der Waals surface area contributed by atoms with Crippen molar-refractivity contribution in [3.05, 3.63) is 101 Å². The van der Waals surface area contributed by atoms with Gasteiger partial charge < -0.3 is 14.9 Å². The van der Waals surface area contributed by atoms with Crippen molar-refractivity contribution in [2.24, 2.45) is 0 Å². The van der Waals surface area contributed by atoms with Gasteiger partial charge in [0.1, 0.15) is 0 Å². The number of ketones is 1. The molecule has 1 aliphatic rings. The van der Waals surface area contributed by atoms with Gasteiger partial charge in [0, 0.05) is 0 Å². The first-order valence-corrected chi connectivity index (χ1v) is 12.0. The lowest BCUT2D eigenvalue weighted by atomic mass is 9.95. The molecule has 1 amide bonds. The van der Waals surface area contributed by atoms with Crippen LogP contribution in [-0.4, -0.2) is 34.0 Å². The quantitative estimate of drug-likeness (QED) is 0.341. The SMILES string of the molecule is COc1cc(C2C(C(=O)/C=C/c3ccccc3)=C(O)C(=O)N2c2nc3ccc(C)cc3s2)ccc1O. The van der Waals surface area contributed by atoms with Gasteiger partial charge in [0.15, 0.2) is 28.2 Å². The maximum Gasteiger partial charge on any atom is 0.296 e. The number of allylic oxidation sites excluding steroid dienone is 1. The van der Waals surface area contributed by atoms with E-state index in [1.165, 1.54) is 35.5 Å². The molecule has 0 saturated carbocycles. The van der Waals surface area contributed by atoms with Gasteiger partial charge >= 0.3 is 0 Å². The minimum Gasteiger partial charge on any atom is -0.504 e. The minimum absolute atomic E-state index is 0.0737. The van der Waals surface area contributed by atoms with E-state index in [4.69, 9.17) is 4.74 Å². The van der Waals surface area contributed by atoms with Crippen molar-refractivity contribution in [1.82, 2.24) is 4.98 Å². The number of hydrogen-bond acceptors (Lipinski definition) is 7. The van der Waals surface area contributed by atoms with Gasteiger partial charge in [-0.1, -0.05) is 59.9 Å². The lowest BCUT2D eigenvalue weighted by Crippen LogP contribution is -2.30. The van der Waals surface area contributed by atoms with Crippen molar-refractivity contribution >= 4 is 44.5 Å². The van der Waals surface area contributed by atoms with E-state index < -0.39 is 23.5 Å². The molecule has 3 aromatic carbocycles. The van der Waals surface area contributed by atoms with Crippen molar-refractivity contribution in [3.63, 3.8) is 0 Å². The topological polar surface area (TPSA) is 100.0 Å². The molecule has 4 aromatic rings. The van der Waals surface area contributed by atoms with Crippen LogP contribution in [0.1, 0.15) is 22.7 Å². The second-order valence-electron chi connectivity index (χ2n) is 8.35. The number of ether oxygens (including phenoxy) is 1. The molecule has 0 spiro atoms. The van der Waals surface area contributed by atoms with E-state index in [0.717, 1.165) is 15.8 Å². The largest absolute Gasteiger partial charge is 0.504 e. The van der Waals surface area contributed by atoms with Gasteiger partial charge in [0.2, 0.25) is 0 Å². The number of fused-ring (bicyclic) bond motifs is 1. The lowest BCUT2D eigenvalue weighted by molar-refractivity contribution is -0.117. The number of thiazole rings is 1. The fraction of sp³-hybridized carbons (Fsp3) is 0.107. The van der Waals surface area contributed by atoms with Crippen molar-refractivity contribution in [1.29, 1.82) is 0 Å². The number of carbonyl (C=O) groups is 2. The number of aromatic nitrogens is 1. The number of methoxy groups -OCH3 is 1. The van der Waals surface area contributed by atoms with Crippen LogP contribution in [0.25, 0.3) is 16.3 Å². The Morgan fingerprint density at radius 2 is 1.86 bits per heavy atom. The fourth-order valence-corrected chi connectivity index (χ4v) is 5.27. The van der Waals surface area contributed by atoms with E-state index in [9.17, 15) is 19.8 Å². The number of hydrogen-bond donors (Lipinski definition) is 2. The number of amides is 1. The molecule has 0 aliphatic carbocycles. The Hall–Kier alpha value is -4.43. The number of carbonyl (C=O) groups excluding carboxylic acids is 2. The summed E-state index contributed by atoms with van der Waals surface area (Å²) in [5, 5.41) is 21.4. The number of rotatable bonds is 6. The highest BCUT2D eigenvalue weighted by molar-refractivity contribution is 7.22. The molecule has 8 heteroatoms. The number of phenols is 1. The van der Waals surface area contributed by atoms with Crippen LogP contribution in [0, 0.1) is 6.92 Å². The van der Waals surface area contributed by atoms with E-state index in [1.807, 2.05) is 55.5 Å². The monoisotopic (exact) mass is 498 g/mol. The summed E-state index contributed by atoms with van der Waals surface area (Å²) in [6, 6.07) is 18.6. The summed E-state index contributed by atoms with van der Waals surface area (Å²) in [4.78, 5) is 32.7. The number of aromatic hydroxyl groups is 1. The zero-order chi connectivity index (χ0) is 25.4. The third-order valence-electron chi connectivity index (χ3n) is 5.96. The molecule has 0 fully saturated rings. The molecule has 36 heavy (non-hydrogen) atoms. The molecule has 0 saturated heterocycles. The number of anilines is 1. The van der Waals surface area contributed by atoms with Crippen LogP contribution in [0.3, 0.4) is 0 Å². The number of aliphatic hydroxyl groups excluding tert-OH is 1. The Balaban J connectivity index is 1.63. The number of phenolic OH excluding ortho intramolecular Hbond substituents is 1. The molecule has 180 valence electrons. The zero-order valence-corrected chi connectivity index (χ0v) is 20.3.